The van der Waals surface area contributed by atoms with Crippen molar-refractivity contribution < 1.29 is 20.1 Å². The van der Waals surface area contributed by atoms with Gasteiger partial charge in [0.25, 0.3) is 0 Å². The number of hydrogen-bond acceptors (Lipinski definition) is 4. The van der Waals surface area contributed by atoms with Gasteiger partial charge in [0.15, 0.2) is 12.6 Å². The van der Waals surface area contributed by atoms with Gasteiger partial charge in [-0.1, -0.05) is 34.1 Å². The Morgan fingerprint density at radius 1 is 0.875 bits per heavy atom. The molecule has 0 aromatic heterocycles. The second kappa shape index (κ2) is 5.18. The fraction of sp³-hybridized carbons (Fsp3) is 1.00. The van der Waals surface area contributed by atoms with Crippen LogP contribution in [0.4, 0.5) is 0 Å². The largest absolute Gasteiger partial charge is 0.393 e. The van der Waals surface area contributed by atoms with Crippen LogP contribution in [-0.2, 0) is 4.74 Å². The van der Waals surface area contributed by atoms with Crippen LogP contribution in [0.2, 0.25) is 0 Å². The van der Waals surface area contributed by atoms with Gasteiger partial charge >= 0.3 is 0 Å². The van der Waals surface area contributed by atoms with Crippen LogP contribution in [0.15, 0.2) is 0 Å². The smallest absolute Gasteiger partial charge is 0.163 e. The standard InChI is InChI=1S/C20H34O4/c1-18(2)8-5-9-19(3)11-6-7-12-16(22)24-17(23)20(12,4)13(11)10-14(21)15(18)19/h11-17,21-23H,5-10H2,1-4H3. The highest BCUT2D eigenvalue weighted by Crippen LogP contribution is 2.69. The van der Waals surface area contributed by atoms with E-state index in [4.69, 9.17) is 4.74 Å². The van der Waals surface area contributed by atoms with Gasteiger partial charge in [0.1, 0.15) is 0 Å². The summed E-state index contributed by atoms with van der Waals surface area (Å²) < 4.78 is 5.43. The molecule has 0 amide bonds. The predicted octanol–water partition coefficient (Wildman–Crippen LogP) is 2.90. The summed E-state index contributed by atoms with van der Waals surface area (Å²) in [5.74, 6) is 1.02. The van der Waals surface area contributed by atoms with Crippen LogP contribution in [0.25, 0.3) is 0 Å². The highest BCUT2D eigenvalue weighted by Gasteiger charge is 2.67. The van der Waals surface area contributed by atoms with Gasteiger partial charge in [0, 0.05) is 11.3 Å². The second-order valence-corrected chi connectivity index (χ2v) is 10.3. The van der Waals surface area contributed by atoms with Crippen LogP contribution >= 0.6 is 0 Å². The maximum Gasteiger partial charge on any atom is 0.163 e. The highest BCUT2D eigenvalue weighted by molar-refractivity contribution is 5.13. The lowest BCUT2D eigenvalue weighted by atomic mass is 9.40. The third-order valence-electron chi connectivity index (χ3n) is 8.83. The van der Waals surface area contributed by atoms with E-state index >= 15 is 0 Å². The molecular formula is C20H34O4. The number of ether oxygens (including phenoxy) is 1. The molecule has 3 N–H and O–H groups in total. The van der Waals surface area contributed by atoms with E-state index in [0.717, 1.165) is 19.3 Å². The Hall–Kier alpha value is -0.160. The molecule has 0 aromatic rings. The van der Waals surface area contributed by atoms with Crippen molar-refractivity contribution in [3.63, 3.8) is 0 Å². The number of aliphatic hydroxyl groups is 3. The minimum Gasteiger partial charge on any atom is -0.393 e. The van der Waals surface area contributed by atoms with Crippen molar-refractivity contribution in [2.45, 2.75) is 84.9 Å². The van der Waals surface area contributed by atoms with Crippen molar-refractivity contribution >= 4 is 0 Å². The fourth-order valence-electron chi connectivity index (χ4n) is 7.88. The summed E-state index contributed by atoms with van der Waals surface area (Å²) in [5.41, 5.74) is -0.163. The molecule has 1 heterocycles. The Balaban J connectivity index is 1.75. The van der Waals surface area contributed by atoms with Gasteiger partial charge in [-0.05, 0) is 60.7 Å². The summed E-state index contributed by atoms with van der Waals surface area (Å²) in [6.45, 7) is 9.12. The lowest BCUT2D eigenvalue weighted by molar-refractivity contribution is -0.226. The molecule has 0 spiro atoms. The number of aliphatic hydroxyl groups excluding tert-OH is 3. The molecule has 0 aromatic carbocycles. The molecule has 4 heteroatoms. The molecule has 9 unspecified atom stereocenters. The molecule has 3 aliphatic carbocycles. The summed E-state index contributed by atoms with van der Waals surface area (Å²) in [6, 6.07) is 0. The molecule has 3 saturated carbocycles. The molecule has 0 radical (unpaired) electrons. The van der Waals surface area contributed by atoms with Crippen molar-refractivity contribution in [3.05, 3.63) is 0 Å². The third kappa shape index (κ3) is 2.00. The molecule has 138 valence electrons. The van der Waals surface area contributed by atoms with E-state index in [1.54, 1.807) is 0 Å². The zero-order chi connectivity index (χ0) is 17.5. The molecule has 9 atom stereocenters. The predicted molar refractivity (Wildman–Crippen MR) is 90.8 cm³/mol. The van der Waals surface area contributed by atoms with E-state index in [1.165, 1.54) is 19.3 Å². The maximum atomic E-state index is 11.1. The monoisotopic (exact) mass is 338 g/mol. The summed E-state index contributed by atoms with van der Waals surface area (Å²) in [5, 5.41) is 32.0. The van der Waals surface area contributed by atoms with E-state index in [-0.39, 0.29) is 28.8 Å². The first-order valence-corrected chi connectivity index (χ1v) is 9.82. The van der Waals surface area contributed by atoms with Crippen LogP contribution in [0.3, 0.4) is 0 Å². The maximum absolute atomic E-state index is 11.1. The van der Waals surface area contributed by atoms with Crippen molar-refractivity contribution in [2.75, 3.05) is 0 Å². The first-order valence-electron chi connectivity index (χ1n) is 9.82. The summed E-state index contributed by atoms with van der Waals surface area (Å²) in [4.78, 5) is 0. The second-order valence-electron chi connectivity index (χ2n) is 10.3. The summed E-state index contributed by atoms with van der Waals surface area (Å²) in [6.07, 6.45) is 4.18. The van der Waals surface area contributed by atoms with Crippen LogP contribution in [0.1, 0.15) is 66.2 Å². The Kier molecular flexibility index (Phi) is 3.73. The zero-order valence-corrected chi connectivity index (χ0v) is 15.5. The van der Waals surface area contributed by atoms with Crippen molar-refractivity contribution in [2.24, 2.45) is 39.9 Å². The molecule has 1 saturated heterocycles. The summed E-state index contributed by atoms with van der Waals surface area (Å²) >= 11 is 0. The topological polar surface area (TPSA) is 69.9 Å². The first kappa shape index (κ1) is 17.3. The van der Waals surface area contributed by atoms with E-state index in [9.17, 15) is 15.3 Å². The van der Waals surface area contributed by atoms with E-state index in [1.807, 2.05) is 0 Å². The fourth-order valence-corrected chi connectivity index (χ4v) is 7.88. The molecule has 1 aliphatic heterocycles. The van der Waals surface area contributed by atoms with Crippen LogP contribution in [-0.4, -0.2) is 34.0 Å². The first-order chi connectivity index (χ1) is 11.1. The number of fused-ring (bicyclic) bond motifs is 5. The van der Waals surface area contributed by atoms with Crippen LogP contribution in [0.5, 0.6) is 0 Å². The number of hydrogen-bond donors (Lipinski definition) is 3. The van der Waals surface area contributed by atoms with Crippen LogP contribution in [0, 0.1) is 39.9 Å². The van der Waals surface area contributed by atoms with Crippen molar-refractivity contribution in [1.82, 2.24) is 0 Å². The SMILES string of the molecule is CC1(C)CCCC2(C)C3CCC4C(O)OC(O)C4(C)C3CC(O)C12. The van der Waals surface area contributed by atoms with Gasteiger partial charge in [0.05, 0.1) is 6.10 Å². The van der Waals surface area contributed by atoms with Gasteiger partial charge in [-0.3, -0.25) is 0 Å². The Labute approximate surface area is 145 Å². The molecule has 4 rings (SSSR count). The molecule has 4 nitrogen and oxygen atoms in total. The minimum atomic E-state index is -0.922. The quantitative estimate of drug-likeness (QED) is 0.635. The number of rotatable bonds is 0. The lowest BCUT2D eigenvalue weighted by Gasteiger charge is -2.65. The van der Waals surface area contributed by atoms with E-state index < -0.39 is 18.0 Å². The molecule has 24 heavy (non-hydrogen) atoms. The molecular weight excluding hydrogens is 304 g/mol. The Morgan fingerprint density at radius 3 is 2.25 bits per heavy atom. The van der Waals surface area contributed by atoms with Crippen molar-refractivity contribution in [3.8, 4) is 0 Å². The normalized spacial score (nSPS) is 59.4. The summed E-state index contributed by atoms with van der Waals surface area (Å²) in [7, 11) is 0. The Bertz CT molecular complexity index is 520. The zero-order valence-electron chi connectivity index (χ0n) is 15.5. The van der Waals surface area contributed by atoms with Gasteiger partial charge in [-0.2, -0.15) is 0 Å². The minimum absolute atomic E-state index is 0.0160. The lowest BCUT2D eigenvalue weighted by Crippen LogP contribution is -2.63. The average Bonchev–Trinajstić information content (AvgIpc) is 2.69. The highest BCUT2D eigenvalue weighted by atomic mass is 16.7. The van der Waals surface area contributed by atoms with E-state index in [0.29, 0.717) is 11.8 Å². The van der Waals surface area contributed by atoms with Crippen molar-refractivity contribution in [1.29, 1.82) is 0 Å². The molecule has 4 fully saturated rings. The van der Waals surface area contributed by atoms with Gasteiger partial charge in [0.2, 0.25) is 0 Å². The molecule has 4 aliphatic rings. The average molecular weight is 338 g/mol. The van der Waals surface area contributed by atoms with E-state index in [2.05, 4.69) is 27.7 Å². The van der Waals surface area contributed by atoms with Crippen LogP contribution < -0.4 is 0 Å². The van der Waals surface area contributed by atoms with Gasteiger partial charge < -0.3 is 20.1 Å². The van der Waals surface area contributed by atoms with Gasteiger partial charge in [-0.25, -0.2) is 0 Å². The third-order valence-corrected chi connectivity index (χ3v) is 8.83. The molecule has 0 bridgehead atoms. The van der Waals surface area contributed by atoms with Gasteiger partial charge in [-0.15, -0.1) is 0 Å². The Morgan fingerprint density at radius 2 is 1.54 bits per heavy atom.